The minimum absolute atomic E-state index is 0.0789. The number of hydrogen-bond acceptors (Lipinski definition) is 6. The minimum atomic E-state index is -4.71. The first-order valence-corrected chi connectivity index (χ1v) is 7.51. The van der Waals surface area contributed by atoms with E-state index in [0.717, 1.165) is 6.07 Å². The van der Waals surface area contributed by atoms with Crippen molar-refractivity contribution < 1.29 is 37.7 Å². The van der Waals surface area contributed by atoms with Gasteiger partial charge in [-0.25, -0.2) is 4.98 Å². The second-order valence-corrected chi connectivity index (χ2v) is 5.39. The molecule has 1 aliphatic rings. The number of pyridine rings is 1. The zero-order valence-corrected chi connectivity index (χ0v) is 13.1. The van der Waals surface area contributed by atoms with Gasteiger partial charge >= 0.3 is 6.18 Å². The lowest BCUT2D eigenvalue weighted by atomic mass is 9.90. The molecule has 0 atom stereocenters. The number of aliphatic hydroxyl groups is 2. The molecule has 0 saturated carbocycles. The molecule has 1 aromatic rings. The smallest absolute Gasteiger partial charge is 0.433 e. The highest BCUT2D eigenvalue weighted by Crippen LogP contribution is 2.30. The van der Waals surface area contributed by atoms with Gasteiger partial charge in [0.2, 0.25) is 5.78 Å². The number of nitrogens with zero attached hydrogens (tertiary/aromatic N) is 1. The number of aliphatic hydroxyl groups excluding tert-OH is 2. The number of aromatic nitrogens is 1. The fourth-order valence-electron chi connectivity index (χ4n) is 2.43. The lowest BCUT2D eigenvalue weighted by Gasteiger charge is -2.16. The number of allylic oxidation sites excluding steroid dienone is 2. The third kappa shape index (κ3) is 4.43. The molecule has 0 amide bonds. The topological polar surface area (TPSA) is 96.7 Å². The number of rotatable bonds is 6. The number of carbonyl (C=O) groups excluding carboxylic acids is 2. The molecular formula is C16H16F3NO5. The summed E-state index contributed by atoms with van der Waals surface area (Å²) in [5.41, 5.74) is -2.19. The molecule has 1 aromatic heterocycles. The van der Waals surface area contributed by atoms with Crippen LogP contribution in [-0.4, -0.2) is 40.0 Å². The van der Waals surface area contributed by atoms with Crippen LogP contribution in [0.3, 0.4) is 0 Å². The summed E-state index contributed by atoms with van der Waals surface area (Å²) in [4.78, 5) is 27.9. The van der Waals surface area contributed by atoms with Gasteiger partial charge in [-0.2, -0.15) is 13.2 Å². The Kier molecular flexibility index (Phi) is 5.91. The molecule has 0 bridgehead atoms. The molecule has 25 heavy (non-hydrogen) atoms. The third-order valence-electron chi connectivity index (χ3n) is 3.60. The van der Waals surface area contributed by atoms with Gasteiger partial charge < -0.3 is 14.9 Å². The predicted molar refractivity (Wildman–Crippen MR) is 78.8 cm³/mol. The Labute approximate surface area is 140 Å². The van der Waals surface area contributed by atoms with Crippen LogP contribution < -0.4 is 0 Å². The van der Waals surface area contributed by atoms with Gasteiger partial charge in [0.1, 0.15) is 17.0 Å². The second kappa shape index (κ2) is 7.75. The van der Waals surface area contributed by atoms with E-state index in [-0.39, 0.29) is 43.1 Å². The molecule has 0 aliphatic heterocycles. The number of hydrogen-bond donors (Lipinski definition) is 2. The van der Waals surface area contributed by atoms with Crippen LogP contribution in [-0.2, 0) is 22.3 Å². The summed E-state index contributed by atoms with van der Waals surface area (Å²) in [6.07, 6.45) is -4.08. The summed E-state index contributed by atoms with van der Waals surface area (Å²) in [5.74, 6) is -1.81. The van der Waals surface area contributed by atoms with Crippen molar-refractivity contribution in [3.63, 3.8) is 0 Å². The van der Waals surface area contributed by atoms with Crippen LogP contribution >= 0.6 is 0 Å². The Morgan fingerprint density at radius 3 is 2.60 bits per heavy atom. The van der Waals surface area contributed by atoms with Gasteiger partial charge in [-0.3, -0.25) is 9.59 Å². The van der Waals surface area contributed by atoms with Crippen LogP contribution in [0, 0.1) is 0 Å². The van der Waals surface area contributed by atoms with E-state index < -0.39 is 35.6 Å². The van der Waals surface area contributed by atoms with Crippen molar-refractivity contribution in [2.45, 2.75) is 32.0 Å². The van der Waals surface area contributed by atoms with Crippen LogP contribution in [0.2, 0.25) is 0 Å². The average molecular weight is 359 g/mol. The first-order valence-electron chi connectivity index (χ1n) is 7.51. The van der Waals surface area contributed by atoms with Gasteiger partial charge in [0.05, 0.1) is 25.5 Å². The first kappa shape index (κ1) is 19.1. The molecule has 0 unspecified atom stereocenters. The van der Waals surface area contributed by atoms with Crippen LogP contribution in [0.15, 0.2) is 23.5 Å². The van der Waals surface area contributed by atoms with E-state index in [0.29, 0.717) is 12.5 Å². The largest absolute Gasteiger partial charge is 0.511 e. The van der Waals surface area contributed by atoms with Crippen LogP contribution in [0.5, 0.6) is 0 Å². The highest BCUT2D eigenvalue weighted by Gasteiger charge is 2.35. The van der Waals surface area contributed by atoms with E-state index in [1.807, 2.05) is 0 Å². The number of halogens is 3. The molecular weight excluding hydrogens is 343 g/mol. The maximum absolute atomic E-state index is 12.8. The monoisotopic (exact) mass is 359 g/mol. The van der Waals surface area contributed by atoms with Gasteiger partial charge in [0.15, 0.2) is 5.78 Å². The van der Waals surface area contributed by atoms with Crippen molar-refractivity contribution >= 4 is 11.6 Å². The van der Waals surface area contributed by atoms with Gasteiger partial charge in [-0.05, 0) is 18.6 Å². The Hall–Kier alpha value is -2.26. The van der Waals surface area contributed by atoms with Crippen molar-refractivity contribution in [2.75, 3.05) is 13.2 Å². The molecule has 2 N–H and O–H groups in total. The van der Waals surface area contributed by atoms with Crippen LogP contribution in [0.25, 0.3) is 0 Å². The Balaban J connectivity index is 2.44. The molecule has 2 rings (SSSR count). The lowest BCUT2D eigenvalue weighted by Crippen LogP contribution is -2.22. The van der Waals surface area contributed by atoms with E-state index >= 15 is 0 Å². The number of ether oxygens (including phenoxy) is 1. The normalized spacial score (nSPS) is 15.6. The SMILES string of the molecule is O=C1CCCC(O)=C1C(=O)c1ccc(C(F)(F)F)nc1COCCO. The summed E-state index contributed by atoms with van der Waals surface area (Å²) in [6.45, 7) is -0.959. The summed E-state index contributed by atoms with van der Waals surface area (Å²) in [5, 5.41) is 18.5. The maximum atomic E-state index is 12.8. The molecule has 1 aliphatic carbocycles. The fraction of sp³-hybridized carbons (Fsp3) is 0.438. The third-order valence-corrected chi connectivity index (χ3v) is 3.60. The Morgan fingerprint density at radius 1 is 1.28 bits per heavy atom. The zero-order chi connectivity index (χ0) is 18.6. The van der Waals surface area contributed by atoms with E-state index in [1.165, 1.54) is 0 Å². The number of carbonyl (C=O) groups is 2. The molecule has 136 valence electrons. The highest BCUT2D eigenvalue weighted by molar-refractivity contribution is 6.27. The van der Waals surface area contributed by atoms with Crippen LogP contribution in [0.1, 0.15) is 41.0 Å². The molecule has 0 aromatic carbocycles. The molecule has 0 fully saturated rings. The van der Waals surface area contributed by atoms with E-state index in [1.54, 1.807) is 0 Å². The van der Waals surface area contributed by atoms with Crippen molar-refractivity contribution in [2.24, 2.45) is 0 Å². The summed E-state index contributed by atoms with van der Waals surface area (Å²) >= 11 is 0. The average Bonchev–Trinajstić information content (AvgIpc) is 2.54. The standard InChI is InChI=1S/C16H16F3NO5/c17-16(18,19)13-5-4-9(10(20-13)8-25-7-6-21)15(24)14-11(22)2-1-3-12(14)23/h4-5,21-22H,1-3,6-8H2. The summed E-state index contributed by atoms with van der Waals surface area (Å²) < 4.78 is 43.5. The molecule has 9 heteroatoms. The second-order valence-electron chi connectivity index (χ2n) is 5.39. The molecule has 0 radical (unpaired) electrons. The molecule has 1 heterocycles. The van der Waals surface area contributed by atoms with Crippen molar-refractivity contribution in [3.05, 3.63) is 40.4 Å². The summed E-state index contributed by atoms with van der Waals surface area (Å²) in [6, 6.07) is 1.55. The number of alkyl halides is 3. The van der Waals surface area contributed by atoms with E-state index in [9.17, 15) is 27.9 Å². The van der Waals surface area contributed by atoms with Crippen molar-refractivity contribution in [1.82, 2.24) is 4.98 Å². The van der Waals surface area contributed by atoms with Gasteiger partial charge in [0, 0.05) is 18.4 Å². The van der Waals surface area contributed by atoms with Crippen molar-refractivity contribution in [3.8, 4) is 0 Å². The van der Waals surface area contributed by atoms with Gasteiger partial charge in [-0.1, -0.05) is 0 Å². The van der Waals surface area contributed by atoms with Gasteiger partial charge in [0.25, 0.3) is 0 Å². The highest BCUT2D eigenvalue weighted by atomic mass is 19.4. The molecule has 0 spiro atoms. The molecule has 0 saturated heterocycles. The van der Waals surface area contributed by atoms with E-state index in [2.05, 4.69) is 4.98 Å². The number of Topliss-reactive ketones (excluding diaryl/α,β-unsaturated/α-hetero) is 2. The first-order chi connectivity index (χ1) is 11.8. The zero-order valence-electron chi connectivity index (χ0n) is 13.1. The fourth-order valence-corrected chi connectivity index (χ4v) is 2.43. The lowest BCUT2D eigenvalue weighted by molar-refractivity contribution is -0.141. The van der Waals surface area contributed by atoms with Crippen molar-refractivity contribution in [1.29, 1.82) is 0 Å². The van der Waals surface area contributed by atoms with Crippen LogP contribution in [0.4, 0.5) is 13.2 Å². The predicted octanol–water partition coefficient (Wildman–Crippen LogP) is 2.36. The quantitative estimate of drug-likeness (QED) is 0.460. The Bertz CT molecular complexity index is 712. The maximum Gasteiger partial charge on any atom is 0.433 e. The van der Waals surface area contributed by atoms with E-state index in [4.69, 9.17) is 9.84 Å². The minimum Gasteiger partial charge on any atom is -0.511 e. The molecule has 6 nitrogen and oxygen atoms in total. The Morgan fingerprint density at radius 2 is 2.00 bits per heavy atom. The summed E-state index contributed by atoms with van der Waals surface area (Å²) in [7, 11) is 0. The van der Waals surface area contributed by atoms with Gasteiger partial charge in [-0.15, -0.1) is 0 Å². The number of ketones is 2.